The Morgan fingerprint density at radius 3 is 2.33 bits per heavy atom. The molecule has 2 aromatic rings. The van der Waals surface area contributed by atoms with Crippen LogP contribution in [-0.2, 0) is 10.0 Å². The van der Waals surface area contributed by atoms with Crippen molar-refractivity contribution in [1.29, 1.82) is 0 Å². The van der Waals surface area contributed by atoms with Crippen molar-refractivity contribution in [3.8, 4) is 5.75 Å². The third-order valence-electron chi connectivity index (χ3n) is 4.76. The third-order valence-corrected chi connectivity index (χ3v) is 6.30. The molecule has 2 N–H and O–H groups in total. The molecule has 1 aliphatic rings. The summed E-state index contributed by atoms with van der Waals surface area (Å²) in [5, 5.41) is 3.02. The number of methoxy groups -OCH3 is 1. The number of ether oxygens (including phenoxy) is 1. The number of carbonyl (C=O) groups excluding carboxylic acids is 1. The summed E-state index contributed by atoms with van der Waals surface area (Å²) in [6, 6.07) is 11.5. The zero-order valence-corrected chi connectivity index (χ0v) is 16.3. The third kappa shape index (κ3) is 4.60. The number of nitrogens with one attached hydrogen (secondary N) is 2. The average Bonchev–Trinajstić information content (AvgIpc) is 3.14. The molecule has 1 saturated carbocycles. The van der Waals surface area contributed by atoms with Crippen molar-refractivity contribution in [2.45, 2.75) is 43.5 Å². The van der Waals surface area contributed by atoms with Crippen molar-refractivity contribution >= 4 is 21.6 Å². The van der Waals surface area contributed by atoms with Gasteiger partial charge >= 0.3 is 0 Å². The zero-order chi connectivity index (χ0) is 19.4. The second-order valence-electron chi connectivity index (χ2n) is 6.77. The van der Waals surface area contributed by atoms with Crippen LogP contribution >= 0.6 is 0 Å². The highest BCUT2D eigenvalue weighted by atomic mass is 32.2. The molecule has 7 heteroatoms. The maximum absolute atomic E-state index is 12.6. The van der Waals surface area contributed by atoms with E-state index >= 15 is 0 Å². The lowest BCUT2D eigenvalue weighted by molar-refractivity contribution is 0.0938. The second-order valence-corrected chi connectivity index (χ2v) is 8.42. The first kappa shape index (κ1) is 19.2. The topological polar surface area (TPSA) is 84.5 Å². The van der Waals surface area contributed by atoms with Crippen LogP contribution in [0.15, 0.2) is 47.4 Å². The Labute approximate surface area is 160 Å². The number of carbonyl (C=O) groups is 1. The van der Waals surface area contributed by atoms with Gasteiger partial charge in [0.2, 0.25) is 0 Å². The first-order chi connectivity index (χ1) is 12.9. The molecule has 0 bridgehead atoms. The molecule has 0 heterocycles. The summed E-state index contributed by atoms with van der Waals surface area (Å²) in [5.41, 5.74) is 1.52. The molecule has 144 valence electrons. The van der Waals surface area contributed by atoms with Gasteiger partial charge in [-0.1, -0.05) is 12.8 Å². The summed E-state index contributed by atoms with van der Waals surface area (Å²) >= 11 is 0. The summed E-state index contributed by atoms with van der Waals surface area (Å²) < 4.78 is 32.9. The summed E-state index contributed by atoms with van der Waals surface area (Å²) in [4.78, 5) is 12.4. The zero-order valence-electron chi connectivity index (χ0n) is 15.5. The van der Waals surface area contributed by atoms with Crippen LogP contribution in [0.5, 0.6) is 5.75 Å². The van der Waals surface area contributed by atoms with Gasteiger partial charge in [0.15, 0.2) is 0 Å². The van der Waals surface area contributed by atoms with Crippen molar-refractivity contribution in [3.63, 3.8) is 0 Å². The van der Waals surface area contributed by atoms with E-state index in [4.69, 9.17) is 4.74 Å². The van der Waals surface area contributed by atoms with E-state index in [1.54, 1.807) is 43.3 Å². The van der Waals surface area contributed by atoms with E-state index in [0.29, 0.717) is 22.6 Å². The number of hydrogen-bond donors (Lipinski definition) is 2. The molecule has 0 saturated heterocycles. The van der Waals surface area contributed by atoms with Crippen molar-refractivity contribution in [1.82, 2.24) is 5.32 Å². The fraction of sp³-hybridized carbons (Fsp3) is 0.350. The summed E-state index contributed by atoms with van der Waals surface area (Å²) in [5.74, 6) is 0.478. The Morgan fingerprint density at radius 1 is 1.07 bits per heavy atom. The monoisotopic (exact) mass is 388 g/mol. The Morgan fingerprint density at radius 2 is 1.74 bits per heavy atom. The number of anilines is 1. The number of hydrogen-bond acceptors (Lipinski definition) is 4. The van der Waals surface area contributed by atoms with E-state index in [0.717, 1.165) is 25.7 Å². The number of sulfonamides is 1. The highest BCUT2D eigenvalue weighted by molar-refractivity contribution is 7.92. The molecule has 0 aliphatic heterocycles. The van der Waals surface area contributed by atoms with E-state index in [1.807, 2.05) is 0 Å². The first-order valence-electron chi connectivity index (χ1n) is 8.97. The molecule has 0 radical (unpaired) electrons. The minimum atomic E-state index is -3.73. The van der Waals surface area contributed by atoms with Gasteiger partial charge in [0.05, 0.1) is 12.0 Å². The second kappa shape index (κ2) is 8.00. The maximum atomic E-state index is 12.6. The molecular weight excluding hydrogens is 364 g/mol. The quantitative estimate of drug-likeness (QED) is 0.793. The highest BCUT2D eigenvalue weighted by Crippen LogP contribution is 2.24. The molecule has 0 unspecified atom stereocenters. The lowest BCUT2D eigenvalue weighted by Crippen LogP contribution is -2.32. The SMILES string of the molecule is COc1ccc(S(=O)(=O)Nc2ccc(C(=O)NC3CCCC3)cc2)c(C)c1. The van der Waals surface area contributed by atoms with Crippen LogP contribution in [0.1, 0.15) is 41.6 Å². The van der Waals surface area contributed by atoms with E-state index < -0.39 is 10.0 Å². The maximum Gasteiger partial charge on any atom is 0.262 e. The fourth-order valence-electron chi connectivity index (χ4n) is 3.29. The lowest BCUT2D eigenvalue weighted by Gasteiger charge is -2.13. The van der Waals surface area contributed by atoms with Gasteiger partial charge < -0.3 is 10.1 Å². The summed E-state index contributed by atoms with van der Waals surface area (Å²) in [6.07, 6.45) is 4.34. The van der Waals surface area contributed by atoms with Gasteiger partial charge in [-0.25, -0.2) is 8.42 Å². The van der Waals surface area contributed by atoms with Crippen molar-refractivity contribution in [3.05, 3.63) is 53.6 Å². The molecule has 1 fully saturated rings. The van der Waals surface area contributed by atoms with Gasteiger partial charge in [-0.2, -0.15) is 0 Å². The van der Waals surface area contributed by atoms with Crippen molar-refractivity contribution in [2.24, 2.45) is 0 Å². The normalized spacial score (nSPS) is 14.7. The fourth-order valence-corrected chi connectivity index (χ4v) is 4.58. The lowest BCUT2D eigenvalue weighted by atomic mass is 10.1. The van der Waals surface area contributed by atoms with Crippen molar-refractivity contribution < 1.29 is 17.9 Å². The number of amides is 1. The predicted octanol–water partition coefficient (Wildman–Crippen LogP) is 3.48. The molecule has 2 aromatic carbocycles. The van der Waals surface area contributed by atoms with Crippen LogP contribution in [0.4, 0.5) is 5.69 Å². The Bertz CT molecular complexity index is 917. The van der Waals surface area contributed by atoms with Crippen LogP contribution in [0, 0.1) is 6.92 Å². The van der Waals surface area contributed by atoms with Crippen LogP contribution in [-0.4, -0.2) is 27.5 Å². The number of rotatable bonds is 6. The van der Waals surface area contributed by atoms with Crippen LogP contribution in [0.3, 0.4) is 0 Å². The molecule has 27 heavy (non-hydrogen) atoms. The molecular formula is C20H24N2O4S. The Kier molecular flexibility index (Phi) is 5.70. The number of aryl methyl sites for hydroxylation is 1. The molecule has 0 aromatic heterocycles. The van der Waals surface area contributed by atoms with Crippen LogP contribution < -0.4 is 14.8 Å². The first-order valence-corrected chi connectivity index (χ1v) is 10.5. The van der Waals surface area contributed by atoms with E-state index in [1.165, 1.54) is 13.2 Å². The minimum Gasteiger partial charge on any atom is -0.497 e. The van der Waals surface area contributed by atoms with Gasteiger partial charge in [0.25, 0.3) is 15.9 Å². The Hall–Kier alpha value is -2.54. The van der Waals surface area contributed by atoms with Crippen LogP contribution in [0.2, 0.25) is 0 Å². The van der Waals surface area contributed by atoms with Crippen molar-refractivity contribution in [2.75, 3.05) is 11.8 Å². The minimum absolute atomic E-state index is 0.123. The molecule has 1 amide bonds. The highest BCUT2D eigenvalue weighted by Gasteiger charge is 2.19. The molecule has 0 atom stereocenters. The molecule has 3 rings (SSSR count). The molecule has 0 spiro atoms. The average molecular weight is 388 g/mol. The molecule has 6 nitrogen and oxygen atoms in total. The smallest absolute Gasteiger partial charge is 0.262 e. The predicted molar refractivity (Wildman–Crippen MR) is 105 cm³/mol. The van der Waals surface area contributed by atoms with Gasteiger partial charge in [-0.3, -0.25) is 9.52 Å². The van der Waals surface area contributed by atoms with E-state index in [-0.39, 0.29) is 16.8 Å². The number of benzene rings is 2. The summed E-state index contributed by atoms with van der Waals surface area (Å²) in [6.45, 7) is 1.72. The van der Waals surface area contributed by atoms with Gasteiger partial charge in [-0.05, 0) is 67.8 Å². The molecule has 1 aliphatic carbocycles. The van der Waals surface area contributed by atoms with Gasteiger partial charge in [0.1, 0.15) is 5.75 Å². The largest absolute Gasteiger partial charge is 0.497 e. The standard InChI is InChI=1S/C20H24N2O4S/c1-14-13-18(26-2)11-12-19(14)27(24,25)22-17-9-7-15(8-10-17)20(23)21-16-5-3-4-6-16/h7-13,16,22H,3-6H2,1-2H3,(H,21,23). The summed E-state index contributed by atoms with van der Waals surface area (Å²) in [7, 11) is -2.19. The van der Waals surface area contributed by atoms with E-state index in [9.17, 15) is 13.2 Å². The Balaban J connectivity index is 1.70. The van der Waals surface area contributed by atoms with Gasteiger partial charge in [0, 0.05) is 17.3 Å². The van der Waals surface area contributed by atoms with Gasteiger partial charge in [-0.15, -0.1) is 0 Å². The van der Waals surface area contributed by atoms with Crippen LogP contribution in [0.25, 0.3) is 0 Å². The van der Waals surface area contributed by atoms with E-state index in [2.05, 4.69) is 10.0 Å².